The highest BCUT2D eigenvalue weighted by Gasteiger charge is 2.32. The molecule has 2 aliphatic rings. The van der Waals surface area contributed by atoms with Gasteiger partial charge in [0.2, 0.25) is 5.91 Å². The number of nitrogens with zero attached hydrogens (tertiary/aromatic N) is 4. The van der Waals surface area contributed by atoms with Crippen LogP contribution < -0.4 is 9.80 Å². The van der Waals surface area contributed by atoms with Gasteiger partial charge in [0.15, 0.2) is 11.6 Å². The lowest BCUT2D eigenvalue weighted by Crippen LogP contribution is -2.36. The van der Waals surface area contributed by atoms with Crippen molar-refractivity contribution in [3.05, 3.63) is 24.3 Å². The fourth-order valence-corrected chi connectivity index (χ4v) is 3.70. The minimum absolute atomic E-state index is 0.166. The molecule has 1 amide bonds. The number of hydrogen-bond donors (Lipinski definition) is 0. The van der Waals surface area contributed by atoms with Gasteiger partial charge in [-0.25, -0.2) is 9.97 Å². The molecule has 2 heterocycles. The monoisotopic (exact) mass is 310 g/mol. The number of fused-ring (bicyclic) bond motifs is 2. The number of aromatic nitrogens is 2. The Labute approximate surface area is 136 Å². The molecule has 0 N–H and O–H groups in total. The summed E-state index contributed by atoms with van der Waals surface area (Å²) in [6, 6.07) is 7.88. The fraction of sp³-hybridized carbons (Fsp3) is 0.500. The summed E-state index contributed by atoms with van der Waals surface area (Å²) in [6.07, 6.45) is 5.31. The fourth-order valence-electron chi connectivity index (χ4n) is 3.70. The molecule has 5 nitrogen and oxygen atoms in total. The van der Waals surface area contributed by atoms with Crippen LogP contribution in [0.15, 0.2) is 24.3 Å². The van der Waals surface area contributed by atoms with Crippen molar-refractivity contribution in [2.75, 3.05) is 29.9 Å². The van der Waals surface area contributed by atoms with E-state index >= 15 is 0 Å². The highest BCUT2D eigenvalue weighted by Crippen LogP contribution is 2.34. The number of rotatable bonds is 1. The molecule has 120 valence electrons. The van der Waals surface area contributed by atoms with E-state index in [-0.39, 0.29) is 11.8 Å². The van der Waals surface area contributed by atoms with Gasteiger partial charge in [0.05, 0.1) is 11.0 Å². The van der Waals surface area contributed by atoms with Crippen LogP contribution in [-0.2, 0) is 4.79 Å². The highest BCUT2D eigenvalue weighted by molar-refractivity contribution is 5.98. The number of hydrogen-bond acceptors (Lipinski definition) is 4. The predicted octanol–water partition coefficient (Wildman–Crippen LogP) is 2.99. The van der Waals surface area contributed by atoms with Gasteiger partial charge >= 0.3 is 0 Å². The Morgan fingerprint density at radius 3 is 2.35 bits per heavy atom. The Bertz CT molecular complexity index is 739. The second-order valence-electron chi connectivity index (χ2n) is 6.61. The molecule has 0 atom stereocenters. The van der Waals surface area contributed by atoms with E-state index in [4.69, 9.17) is 9.97 Å². The lowest BCUT2D eigenvalue weighted by molar-refractivity contribution is -0.122. The van der Waals surface area contributed by atoms with E-state index in [1.807, 2.05) is 36.2 Å². The third kappa shape index (κ3) is 2.54. The zero-order chi connectivity index (χ0) is 15.8. The average Bonchev–Trinajstić information content (AvgIpc) is 3.06. The minimum atomic E-state index is 0.166. The average molecular weight is 310 g/mol. The van der Waals surface area contributed by atoms with Crippen molar-refractivity contribution in [2.45, 2.75) is 32.1 Å². The molecule has 1 aliphatic heterocycles. The predicted molar refractivity (Wildman–Crippen MR) is 91.7 cm³/mol. The zero-order valence-electron chi connectivity index (χ0n) is 13.5. The van der Waals surface area contributed by atoms with Crippen molar-refractivity contribution >= 4 is 28.6 Å². The van der Waals surface area contributed by atoms with Crippen molar-refractivity contribution in [2.24, 2.45) is 5.92 Å². The number of carbonyl (C=O) groups is 1. The van der Waals surface area contributed by atoms with Crippen molar-refractivity contribution in [1.29, 1.82) is 0 Å². The molecule has 0 spiro atoms. The lowest BCUT2D eigenvalue weighted by Gasteiger charge is -2.25. The van der Waals surface area contributed by atoms with Crippen molar-refractivity contribution in [1.82, 2.24) is 9.97 Å². The van der Waals surface area contributed by atoms with E-state index in [1.165, 1.54) is 12.8 Å². The van der Waals surface area contributed by atoms with Gasteiger partial charge in [0.1, 0.15) is 0 Å². The molecule has 23 heavy (non-hydrogen) atoms. The molecular weight excluding hydrogens is 288 g/mol. The maximum absolute atomic E-state index is 13.0. The van der Waals surface area contributed by atoms with Gasteiger partial charge < -0.3 is 4.90 Å². The van der Waals surface area contributed by atoms with Gasteiger partial charge in [-0.1, -0.05) is 25.0 Å². The van der Waals surface area contributed by atoms with Gasteiger partial charge in [-0.05, 0) is 31.4 Å². The summed E-state index contributed by atoms with van der Waals surface area (Å²) in [5.74, 6) is 1.97. The quantitative estimate of drug-likeness (QED) is 0.812. The molecule has 4 rings (SSSR count). The molecule has 0 bridgehead atoms. The molecule has 0 radical (unpaired) electrons. The summed E-state index contributed by atoms with van der Waals surface area (Å²) in [4.78, 5) is 26.6. The van der Waals surface area contributed by atoms with Crippen LogP contribution in [-0.4, -0.2) is 36.0 Å². The first-order valence-corrected chi connectivity index (χ1v) is 8.53. The smallest absolute Gasteiger partial charge is 0.231 e. The first-order chi connectivity index (χ1) is 11.2. The molecule has 0 saturated heterocycles. The molecule has 2 aromatic rings. The summed E-state index contributed by atoms with van der Waals surface area (Å²) in [5, 5.41) is 0. The lowest BCUT2D eigenvalue weighted by atomic mass is 10.1. The molecular formula is C18H22N4O. The van der Waals surface area contributed by atoms with Crippen LogP contribution in [0.25, 0.3) is 11.0 Å². The Morgan fingerprint density at radius 1 is 1.00 bits per heavy atom. The van der Waals surface area contributed by atoms with Gasteiger partial charge in [-0.15, -0.1) is 0 Å². The summed E-state index contributed by atoms with van der Waals surface area (Å²) < 4.78 is 0. The van der Waals surface area contributed by atoms with E-state index in [1.54, 1.807) is 0 Å². The van der Waals surface area contributed by atoms with Crippen LogP contribution in [0.1, 0.15) is 32.1 Å². The van der Waals surface area contributed by atoms with Gasteiger partial charge in [0, 0.05) is 26.1 Å². The summed E-state index contributed by atoms with van der Waals surface area (Å²) in [7, 11) is 2.03. The first-order valence-electron chi connectivity index (χ1n) is 8.53. The number of carbonyl (C=O) groups excluding carboxylic acids is 1. The molecule has 1 aromatic heterocycles. The third-order valence-corrected chi connectivity index (χ3v) is 5.00. The molecule has 5 heteroatoms. The SMILES string of the molecule is CN1CCCN(C(=O)C2CCCC2)c2nc3ccccc3nc21. The Balaban J connectivity index is 1.81. The molecule has 1 aliphatic carbocycles. The summed E-state index contributed by atoms with van der Waals surface area (Å²) >= 11 is 0. The number of anilines is 2. The maximum atomic E-state index is 13.0. The van der Waals surface area contributed by atoms with E-state index in [9.17, 15) is 4.79 Å². The first kappa shape index (κ1) is 14.4. The van der Waals surface area contributed by atoms with Crippen LogP contribution in [0.4, 0.5) is 11.6 Å². The van der Waals surface area contributed by atoms with Gasteiger partial charge in [-0.3, -0.25) is 9.69 Å². The maximum Gasteiger partial charge on any atom is 0.231 e. The number of para-hydroxylation sites is 2. The second-order valence-corrected chi connectivity index (χ2v) is 6.61. The van der Waals surface area contributed by atoms with Gasteiger partial charge in [-0.2, -0.15) is 0 Å². The summed E-state index contributed by atoms with van der Waals surface area (Å²) in [6.45, 7) is 1.63. The largest absolute Gasteiger partial charge is 0.357 e. The van der Waals surface area contributed by atoms with Crippen LogP contribution in [0, 0.1) is 5.92 Å². The molecule has 1 aromatic carbocycles. The highest BCUT2D eigenvalue weighted by atomic mass is 16.2. The van der Waals surface area contributed by atoms with Crippen molar-refractivity contribution in [3.63, 3.8) is 0 Å². The minimum Gasteiger partial charge on any atom is -0.357 e. The Morgan fingerprint density at radius 2 is 1.65 bits per heavy atom. The zero-order valence-corrected chi connectivity index (χ0v) is 13.5. The topological polar surface area (TPSA) is 49.3 Å². The third-order valence-electron chi connectivity index (χ3n) is 5.00. The number of benzene rings is 1. The summed E-state index contributed by atoms with van der Waals surface area (Å²) in [5.41, 5.74) is 1.74. The van der Waals surface area contributed by atoms with E-state index < -0.39 is 0 Å². The molecule has 1 fully saturated rings. The van der Waals surface area contributed by atoms with Crippen molar-refractivity contribution in [3.8, 4) is 0 Å². The van der Waals surface area contributed by atoms with Gasteiger partial charge in [0.25, 0.3) is 0 Å². The van der Waals surface area contributed by atoms with E-state index in [2.05, 4.69) is 4.90 Å². The standard InChI is InChI=1S/C18H22N4O/c1-21-11-6-12-22(18(23)13-7-2-3-8-13)17-16(21)19-14-9-4-5-10-15(14)20-17/h4-5,9-10,13H,2-3,6-8,11-12H2,1H3. The normalized spacial score (nSPS) is 19.0. The van der Waals surface area contributed by atoms with Crippen LogP contribution in [0.2, 0.25) is 0 Å². The van der Waals surface area contributed by atoms with Crippen LogP contribution in [0.5, 0.6) is 0 Å². The molecule has 1 saturated carbocycles. The Kier molecular flexibility index (Phi) is 3.63. The van der Waals surface area contributed by atoms with Crippen molar-refractivity contribution < 1.29 is 4.79 Å². The van der Waals surface area contributed by atoms with E-state index in [0.29, 0.717) is 0 Å². The van der Waals surface area contributed by atoms with Crippen LogP contribution in [0.3, 0.4) is 0 Å². The van der Waals surface area contributed by atoms with E-state index in [0.717, 1.165) is 55.0 Å². The second kappa shape index (κ2) is 5.80. The molecule has 0 unspecified atom stereocenters. The Hall–Kier alpha value is -2.17. The number of amides is 1. The van der Waals surface area contributed by atoms with Crippen LogP contribution >= 0.6 is 0 Å².